The van der Waals surface area contributed by atoms with Crippen molar-refractivity contribution < 1.29 is 4.74 Å². The molecular formula is C15H24N2O. The fourth-order valence-electron chi connectivity index (χ4n) is 2.43. The van der Waals surface area contributed by atoms with Gasteiger partial charge in [0.1, 0.15) is 5.75 Å². The molecule has 0 atom stereocenters. The van der Waals surface area contributed by atoms with Gasteiger partial charge in [0.05, 0.1) is 7.11 Å². The Kier molecular flexibility index (Phi) is 5.49. The quantitative estimate of drug-likeness (QED) is 0.746. The maximum Gasteiger partial charge on any atom is 0.119 e. The van der Waals surface area contributed by atoms with Gasteiger partial charge in [0.2, 0.25) is 0 Å². The molecule has 0 aliphatic carbocycles. The third-order valence-corrected chi connectivity index (χ3v) is 3.53. The highest BCUT2D eigenvalue weighted by Gasteiger charge is 2.09. The molecule has 0 unspecified atom stereocenters. The molecule has 1 aromatic rings. The molecule has 1 heterocycles. The average Bonchev–Trinajstić information content (AvgIpc) is 2.92. The van der Waals surface area contributed by atoms with Crippen molar-refractivity contribution in [1.82, 2.24) is 10.2 Å². The van der Waals surface area contributed by atoms with Gasteiger partial charge in [0.25, 0.3) is 0 Å². The number of ether oxygens (including phenoxy) is 1. The molecule has 3 heteroatoms. The first-order chi connectivity index (χ1) is 8.88. The van der Waals surface area contributed by atoms with Crippen molar-refractivity contribution in [2.75, 3.05) is 39.8 Å². The molecule has 1 fully saturated rings. The van der Waals surface area contributed by atoms with Crippen molar-refractivity contribution >= 4 is 0 Å². The monoisotopic (exact) mass is 248 g/mol. The summed E-state index contributed by atoms with van der Waals surface area (Å²) in [5, 5.41) is 3.52. The number of nitrogens with one attached hydrogen (secondary N) is 1. The predicted octanol–water partition coefficient (Wildman–Crippen LogP) is 1.92. The van der Waals surface area contributed by atoms with Crippen LogP contribution in [0.1, 0.15) is 18.4 Å². The number of nitrogens with zero attached hydrogens (tertiary/aromatic N) is 1. The molecule has 2 rings (SSSR count). The number of methoxy groups -OCH3 is 1. The van der Waals surface area contributed by atoms with E-state index in [-0.39, 0.29) is 0 Å². The topological polar surface area (TPSA) is 24.5 Å². The van der Waals surface area contributed by atoms with Crippen LogP contribution in [0.5, 0.6) is 5.75 Å². The van der Waals surface area contributed by atoms with Crippen LogP contribution in [0.25, 0.3) is 0 Å². The zero-order chi connectivity index (χ0) is 12.6. The van der Waals surface area contributed by atoms with E-state index in [1.54, 1.807) is 7.11 Å². The van der Waals surface area contributed by atoms with Crippen LogP contribution in [0.4, 0.5) is 0 Å². The van der Waals surface area contributed by atoms with Crippen LogP contribution in [0.15, 0.2) is 24.3 Å². The molecule has 0 aromatic heterocycles. The third kappa shape index (κ3) is 4.31. The van der Waals surface area contributed by atoms with Gasteiger partial charge in [-0.05, 0) is 56.6 Å². The second kappa shape index (κ2) is 7.39. The Bertz CT molecular complexity index is 348. The van der Waals surface area contributed by atoms with Gasteiger partial charge in [0.15, 0.2) is 0 Å². The van der Waals surface area contributed by atoms with Gasteiger partial charge in [-0.25, -0.2) is 0 Å². The molecule has 1 aliphatic heterocycles. The molecule has 18 heavy (non-hydrogen) atoms. The van der Waals surface area contributed by atoms with E-state index in [1.165, 1.54) is 38.0 Å². The highest BCUT2D eigenvalue weighted by Crippen LogP contribution is 2.12. The normalized spacial score (nSPS) is 16.1. The van der Waals surface area contributed by atoms with Crippen LogP contribution in [-0.4, -0.2) is 44.7 Å². The molecule has 0 amide bonds. The van der Waals surface area contributed by atoms with Crippen LogP contribution in [-0.2, 0) is 6.42 Å². The van der Waals surface area contributed by atoms with E-state index in [9.17, 15) is 0 Å². The smallest absolute Gasteiger partial charge is 0.119 e. The lowest BCUT2D eigenvalue weighted by molar-refractivity contribution is 0.336. The molecule has 0 spiro atoms. The lowest BCUT2D eigenvalue weighted by Crippen LogP contribution is -2.30. The summed E-state index contributed by atoms with van der Waals surface area (Å²) in [4.78, 5) is 2.54. The number of hydrogen-bond donors (Lipinski definition) is 1. The minimum Gasteiger partial charge on any atom is -0.497 e. The van der Waals surface area contributed by atoms with E-state index in [0.29, 0.717) is 0 Å². The molecule has 1 saturated heterocycles. The zero-order valence-electron chi connectivity index (χ0n) is 11.3. The zero-order valence-corrected chi connectivity index (χ0v) is 11.3. The van der Waals surface area contributed by atoms with E-state index in [4.69, 9.17) is 4.74 Å². The van der Waals surface area contributed by atoms with Crippen molar-refractivity contribution in [3.63, 3.8) is 0 Å². The maximum atomic E-state index is 5.22. The number of rotatable bonds is 7. The number of benzene rings is 1. The molecule has 0 bridgehead atoms. The van der Waals surface area contributed by atoms with Crippen molar-refractivity contribution in [2.45, 2.75) is 19.3 Å². The van der Waals surface area contributed by atoms with Crippen LogP contribution < -0.4 is 10.1 Å². The highest BCUT2D eigenvalue weighted by atomic mass is 16.5. The summed E-state index contributed by atoms with van der Waals surface area (Å²) in [5.74, 6) is 0.949. The highest BCUT2D eigenvalue weighted by molar-refractivity contribution is 5.28. The van der Waals surface area contributed by atoms with Gasteiger partial charge in [-0.1, -0.05) is 12.1 Å². The first-order valence-electron chi connectivity index (χ1n) is 6.94. The van der Waals surface area contributed by atoms with Gasteiger partial charge in [-0.2, -0.15) is 0 Å². The van der Waals surface area contributed by atoms with Crippen molar-refractivity contribution in [1.29, 1.82) is 0 Å². The lowest BCUT2D eigenvalue weighted by Gasteiger charge is -2.14. The largest absolute Gasteiger partial charge is 0.497 e. The van der Waals surface area contributed by atoms with Crippen LogP contribution in [0.3, 0.4) is 0 Å². The molecule has 100 valence electrons. The van der Waals surface area contributed by atoms with E-state index in [0.717, 1.165) is 25.3 Å². The first-order valence-corrected chi connectivity index (χ1v) is 6.94. The Morgan fingerprint density at radius 2 is 2.06 bits per heavy atom. The maximum absolute atomic E-state index is 5.22. The van der Waals surface area contributed by atoms with E-state index in [2.05, 4.69) is 28.4 Å². The predicted molar refractivity (Wildman–Crippen MR) is 75.2 cm³/mol. The number of likely N-dealkylation sites (tertiary alicyclic amines) is 1. The standard InChI is InChI=1S/C15H24N2O/c1-18-15-6-4-5-14(13-15)7-8-16-9-12-17-10-2-3-11-17/h4-6,13,16H,2-3,7-12H2,1H3. The minimum atomic E-state index is 0.949. The Labute approximate surface area is 110 Å². The van der Waals surface area contributed by atoms with Crippen LogP contribution in [0, 0.1) is 0 Å². The first kappa shape index (κ1) is 13.4. The average molecular weight is 248 g/mol. The molecular weight excluding hydrogens is 224 g/mol. The SMILES string of the molecule is COc1cccc(CCNCCN2CCCC2)c1. The third-order valence-electron chi connectivity index (χ3n) is 3.53. The summed E-state index contributed by atoms with van der Waals surface area (Å²) >= 11 is 0. The summed E-state index contributed by atoms with van der Waals surface area (Å²) in [6.07, 6.45) is 3.82. The van der Waals surface area contributed by atoms with E-state index < -0.39 is 0 Å². The molecule has 1 aromatic carbocycles. The van der Waals surface area contributed by atoms with Crippen molar-refractivity contribution in [3.8, 4) is 5.75 Å². The Morgan fingerprint density at radius 1 is 1.22 bits per heavy atom. The molecule has 3 nitrogen and oxygen atoms in total. The molecule has 0 radical (unpaired) electrons. The Morgan fingerprint density at radius 3 is 2.83 bits per heavy atom. The Balaban J connectivity index is 1.59. The lowest BCUT2D eigenvalue weighted by atomic mass is 10.1. The fourth-order valence-corrected chi connectivity index (χ4v) is 2.43. The van der Waals surface area contributed by atoms with Gasteiger partial charge in [-0.3, -0.25) is 0 Å². The second-order valence-electron chi connectivity index (χ2n) is 4.90. The fraction of sp³-hybridized carbons (Fsp3) is 0.600. The summed E-state index contributed by atoms with van der Waals surface area (Å²) in [6.45, 7) is 5.91. The van der Waals surface area contributed by atoms with Crippen LogP contribution >= 0.6 is 0 Å². The minimum absolute atomic E-state index is 0.949. The molecule has 0 saturated carbocycles. The number of hydrogen-bond acceptors (Lipinski definition) is 3. The summed E-state index contributed by atoms with van der Waals surface area (Å²) < 4.78 is 5.22. The van der Waals surface area contributed by atoms with Gasteiger partial charge < -0.3 is 15.0 Å². The molecule has 1 N–H and O–H groups in total. The van der Waals surface area contributed by atoms with E-state index >= 15 is 0 Å². The summed E-state index contributed by atoms with van der Waals surface area (Å²) in [5.41, 5.74) is 1.34. The van der Waals surface area contributed by atoms with Gasteiger partial charge in [0, 0.05) is 13.1 Å². The van der Waals surface area contributed by atoms with E-state index in [1.807, 2.05) is 6.07 Å². The summed E-state index contributed by atoms with van der Waals surface area (Å²) in [7, 11) is 1.72. The van der Waals surface area contributed by atoms with Gasteiger partial charge in [-0.15, -0.1) is 0 Å². The molecule has 1 aliphatic rings. The summed E-state index contributed by atoms with van der Waals surface area (Å²) in [6, 6.07) is 8.32. The second-order valence-corrected chi connectivity index (χ2v) is 4.90. The van der Waals surface area contributed by atoms with Crippen molar-refractivity contribution in [2.24, 2.45) is 0 Å². The Hall–Kier alpha value is -1.06. The van der Waals surface area contributed by atoms with Gasteiger partial charge >= 0.3 is 0 Å². The van der Waals surface area contributed by atoms with Crippen LogP contribution in [0.2, 0.25) is 0 Å². The van der Waals surface area contributed by atoms with Crippen molar-refractivity contribution in [3.05, 3.63) is 29.8 Å².